The third-order valence-electron chi connectivity index (χ3n) is 2.56. The number of nitrogens with one attached hydrogen (secondary N) is 2. The number of carbonyl (C=O) groups is 1. The zero-order valence-corrected chi connectivity index (χ0v) is 11.1. The molecule has 1 aromatic carbocycles. The minimum atomic E-state index is -0.236. The number of benzene rings is 1. The monoisotopic (exact) mass is 245 g/mol. The molecule has 0 aliphatic rings. The molecule has 1 amide bonds. The van der Waals surface area contributed by atoms with Gasteiger partial charge in [-0.05, 0) is 12.5 Å². The van der Waals surface area contributed by atoms with Gasteiger partial charge in [0.15, 0.2) is 0 Å². The Morgan fingerprint density at radius 3 is 2.44 bits per heavy atom. The second-order valence-electron chi connectivity index (χ2n) is 4.02. The number of hydrogen-bond donors (Lipinski definition) is 2. The van der Waals surface area contributed by atoms with Crippen LogP contribution in [0, 0.1) is 6.92 Å². The van der Waals surface area contributed by atoms with Gasteiger partial charge in [0.2, 0.25) is 0 Å². The largest absolute Gasteiger partial charge is 0.354 e. The zero-order chi connectivity index (χ0) is 13.5. The molecule has 0 heterocycles. The number of likely N-dealkylation sites (N-methyl/N-ethyl adjacent to an activating group) is 1. The van der Waals surface area contributed by atoms with Crippen molar-refractivity contribution in [1.82, 2.24) is 10.6 Å². The summed E-state index contributed by atoms with van der Waals surface area (Å²) in [6.07, 6.45) is 0.646. The van der Waals surface area contributed by atoms with E-state index in [9.17, 15) is 4.79 Å². The normalized spacial score (nSPS) is 10.9. The van der Waals surface area contributed by atoms with E-state index in [0.717, 1.165) is 5.56 Å². The Kier molecular flexibility index (Phi) is 5.11. The van der Waals surface area contributed by atoms with Crippen LogP contribution in [0.25, 0.3) is 0 Å². The average Bonchev–Trinajstić information content (AvgIpc) is 2.39. The lowest BCUT2D eigenvalue weighted by atomic mass is 10.1. The van der Waals surface area contributed by atoms with E-state index in [1.54, 1.807) is 14.1 Å². The molecule has 1 rings (SSSR count). The molecule has 0 aromatic heterocycles. The SMILES string of the molecule is C=C(N/C(Cc1ccc(C)cc1)=N\C)C(=O)NC. The van der Waals surface area contributed by atoms with Crippen molar-refractivity contribution in [1.29, 1.82) is 0 Å². The van der Waals surface area contributed by atoms with Gasteiger partial charge in [-0.3, -0.25) is 9.79 Å². The number of amides is 1. The molecule has 0 bridgehead atoms. The number of carbonyl (C=O) groups excluding carboxylic acids is 1. The molecule has 2 N–H and O–H groups in total. The van der Waals surface area contributed by atoms with Crippen molar-refractivity contribution >= 4 is 11.7 Å². The van der Waals surface area contributed by atoms with Crippen molar-refractivity contribution < 1.29 is 4.79 Å². The van der Waals surface area contributed by atoms with Gasteiger partial charge in [-0.25, -0.2) is 0 Å². The predicted molar refractivity (Wildman–Crippen MR) is 74.6 cm³/mol. The second kappa shape index (κ2) is 6.59. The summed E-state index contributed by atoms with van der Waals surface area (Å²) in [5.74, 6) is 0.479. The smallest absolute Gasteiger partial charge is 0.266 e. The molecule has 0 saturated carbocycles. The van der Waals surface area contributed by atoms with Crippen LogP contribution in [0.2, 0.25) is 0 Å². The maximum atomic E-state index is 11.3. The Bertz CT molecular complexity index is 460. The Balaban J connectivity index is 2.66. The third kappa shape index (κ3) is 4.05. The van der Waals surface area contributed by atoms with E-state index in [1.807, 2.05) is 19.1 Å². The number of aliphatic imine (C=N–C) groups is 1. The van der Waals surface area contributed by atoms with E-state index in [-0.39, 0.29) is 5.91 Å². The van der Waals surface area contributed by atoms with Gasteiger partial charge >= 0.3 is 0 Å². The maximum Gasteiger partial charge on any atom is 0.266 e. The Hall–Kier alpha value is -2.10. The fraction of sp³-hybridized carbons (Fsp3) is 0.286. The summed E-state index contributed by atoms with van der Waals surface area (Å²) in [5.41, 5.74) is 2.65. The van der Waals surface area contributed by atoms with Gasteiger partial charge < -0.3 is 10.6 Å². The van der Waals surface area contributed by atoms with Gasteiger partial charge in [0.05, 0.1) is 5.70 Å². The van der Waals surface area contributed by atoms with Crippen molar-refractivity contribution in [2.75, 3.05) is 14.1 Å². The first kappa shape index (κ1) is 14.0. The summed E-state index contributed by atoms with van der Waals surface area (Å²) in [4.78, 5) is 15.5. The molecule has 0 fully saturated rings. The highest BCUT2D eigenvalue weighted by molar-refractivity contribution is 5.98. The summed E-state index contributed by atoms with van der Waals surface area (Å²) in [6, 6.07) is 8.20. The average molecular weight is 245 g/mol. The van der Waals surface area contributed by atoms with Crippen LogP contribution in [-0.4, -0.2) is 25.8 Å². The standard InChI is InChI=1S/C14H19N3O/c1-10-5-7-12(8-6-10)9-13(15-3)17-11(2)14(18)16-4/h5-8H,2,9H2,1,3-4H3,(H,15,17)(H,16,18). The lowest BCUT2D eigenvalue weighted by Gasteiger charge is -2.11. The van der Waals surface area contributed by atoms with Crippen LogP contribution in [0.1, 0.15) is 11.1 Å². The maximum absolute atomic E-state index is 11.3. The Morgan fingerprint density at radius 1 is 1.33 bits per heavy atom. The van der Waals surface area contributed by atoms with Crippen molar-refractivity contribution in [2.24, 2.45) is 4.99 Å². The van der Waals surface area contributed by atoms with Crippen LogP contribution in [0.3, 0.4) is 0 Å². The highest BCUT2D eigenvalue weighted by Gasteiger charge is 2.07. The first-order valence-corrected chi connectivity index (χ1v) is 5.76. The molecular weight excluding hydrogens is 226 g/mol. The molecule has 18 heavy (non-hydrogen) atoms. The molecule has 0 spiro atoms. The van der Waals surface area contributed by atoms with Crippen molar-refractivity contribution in [3.63, 3.8) is 0 Å². The molecule has 96 valence electrons. The molecular formula is C14H19N3O. The first-order valence-electron chi connectivity index (χ1n) is 5.76. The predicted octanol–water partition coefficient (Wildman–Crippen LogP) is 1.42. The Morgan fingerprint density at radius 2 is 1.94 bits per heavy atom. The van der Waals surface area contributed by atoms with Crippen LogP contribution in [0.4, 0.5) is 0 Å². The fourth-order valence-electron chi connectivity index (χ4n) is 1.46. The lowest BCUT2D eigenvalue weighted by molar-refractivity contribution is -0.117. The van der Waals surface area contributed by atoms with Gasteiger partial charge in [0, 0.05) is 20.5 Å². The molecule has 0 unspecified atom stereocenters. The molecule has 4 nitrogen and oxygen atoms in total. The van der Waals surface area contributed by atoms with Crippen molar-refractivity contribution in [3.05, 3.63) is 47.7 Å². The number of hydrogen-bond acceptors (Lipinski definition) is 2. The van der Waals surface area contributed by atoms with Gasteiger partial charge in [-0.15, -0.1) is 0 Å². The van der Waals surface area contributed by atoms with E-state index in [1.165, 1.54) is 5.56 Å². The Labute approximate surface area is 108 Å². The summed E-state index contributed by atoms with van der Waals surface area (Å²) < 4.78 is 0. The molecule has 0 saturated heterocycles. The summed E-state index contributed by atoms with van der Waals surface area (Å²) in [5, 5.41) is 5.43. The van der Waals surface area contributed by atoms with Crippen molar-refractivity contribution in [2.45, 2.75) is 13.3 Å². The minimum absolute atomic E-state index is 0.236. The molecule has 0 atom stereocenters. The van der Waals surface area contributed by atoms with Crippen LogP contribution >= 0.6 is 0 Å². The van der Waals surface area contributed by atoms with Gasteiger partial charge in [0.25, 0.3) is 5.91 Å². The molecule has 4 heteroatoms. The molecule has 0 aliphatic heterocycles. The van der Waals surface area contributed by atoms with Gasteiger partial charge in [0.1, 0.15) is 5.84 Å². The van der Waals surface area contributed by atoms with E-state index in [0.29, 0.717) is 18.0 Å². The van der Waals surface area contributed by atoms with Gasteiger partial charge in [-0.2, -0.15) is 0 Å². The topological polar surface area (TPSA) is 53.5 Å². The van der Waals surface area contributed by atoms with Crippen molar-refractivity contribution in [3.8, 4) is 0 Å². The molecule has 0 radical (unpaired) electrons. The van der Waals surface area contributed by atoms with Crippen LogP contribution in [0.5, 0.6) is 0 Å². The highest BCUT2D eigenvalue weighted by Crippen LogP contribution is 2.04. The van der Waals surface area contributed by atoms with E-state index < -0.39 is 0 Å². The second-order valence-corrected chi connectivity index (χ2v) is 4.02. The minimum Gasteiger partial charge on any atom is -0.354 e. The summed E-state index contributed by atoms with van der Waals surface area (Å²) in [6.45, 7) is 5.71. The van der Waals surface area contributed by atoms with E-state index in [4.69, 9.17) is 0 Å². The lowest BCUT2D eigenvalue weighted by Crippen LogP contribution is -2.33. The quantitative estimate of drug-likeness (QED) is 0.479. The highest BCUT2D eigenvalue weighted by atomic mass is 16.1. The molecule has 1 aromatic rings. The third-order valence-corrected chi connectivity index (χ3v) is 2.56. The number of amidine groups is 1. The van der Waals surface area contributed by atoms with E-state index >= 15 is 0 Å². The fourth-order valence-corrected chi connectivity index (χ4v) is 1.46. The summed E-state index contributed by atoms with van der Waals surface area (Å²) >= 11 is 0. The summed E-state index contributed by atoms with van der Waals surface area (Å²) in [7, 11) is 3.26. The van der Waals surface area contributed by atoms with E-state index in [2.05, 4.69) is 34.3 Å². The van der Waals surface area contributed by atoms with Crippen LogP contribution < -0.4 is 10.6 Å². The van der Waals surface area contributed by atoms with Crippen LogP contribution in [-0.2, 0) is 11.2 Å². The number of rotatable bonds is 4. The van der Waals surface area contributed by atoms with Gasteiger partial charge in [-0.1, -0.05) is 36.4 Å². The van der Waals surface area contributed by atoms with Crippen LogP contribution in [0.15, 0.2) is 41.5 Å². The number of aryl methyl sites for hydroxylation is 1. The zero-order valence-electron chi connectivity index (χ0n) is 11.1. The molecule has 0 aliphatic carbocycles. The number of nitrogens with zero attached hydrogens (tertiary/aromatic N) is 1. The first-order chi connectivity index (χ1) is 8.56.